The van der Waals surface area contributed by atoms with Crippen LogP contribution in [0.2, 0.25) is 0 Å². The highest BCUT2D eigenvalue weighted by Gasteiger charge is 2.23. The Balaban J connectivity index is 1.80. The fraction of sp³-hybridized carbons (Fsp3) is 0.174. The molecule has 29 heavy (non-hydrogen) atoms. The molecule has 0 saturated heterocycles. The topological polar surface area (TPSA) is 96.2 Å². The minimum atomic E-state index is -0.277. The lowest BCUT2D eigenvalue weighted by atomic mass is 10.1. The maximum absolute atomic E-state index is 12.5. The Morgan fingerprint density at radius 3 is 2.10 bits per heavy atom. The van der Waals surface area contributed by atoms with Crippen molar-refractivity contribution in [1.29, 1.82) is 0 Å². The fourth-order valence-electron chi connectivity index (χ4n) is 3.13. The molecule has 1 aliphatic rings. The molecule has 0 aromatic heterocycles. The Morgan fingerprint density at radius 2 is 1.48 bits per heavy atom. The standard InChI is InChI=1S/C23H22O6/c1-28-21-12-14(4-9-19(21)25)3-8-18(24)17-7-6-16(23(17)27)11-15-5-10-20(26)22(13-15)29-2/h3-5,8-13,25-27H,6-7H2,1-2H3/b8-3+,16-11+. The highest BCUT2D eigenvalue weighted by molar-refractivity contribution is 6.07. The summed E-state index contributed by atoms with van der Waals surface area (Å²) in [5.41, 5.74) is 2.45. The lowest BCUT2D eigenvalue weighted by molar-refractivity contribution is -0.111. The van der Waals surface area contributed by atoms with Gasteiger partial charge in [0.15, 0.2) is 28.8 Å². The zero-order valence-corrected chi connectivity index (χ0v) is 16.2. The van der Waals surface area contributed by atoms with Crippen LogP contribution in [0.1, 0.15) is 24.0 Å². The summed E-state index contributed by atoms with van der Waals surface area (Å²) < 4.78 is 10.1. The summed E-state index contributed by atoms with van der Waals surface area (Å²) in [6.45, 7) is 0. The van der Waals surface area contributed by atoms with Crippen molar-refractivity contribution in [3.05, 3.63) is 70.5 Å². The second-order valence-electron chi connectivity index (χ2n) is 6.56. The molecule has 0 bridgehead atoms. The van der Waals surface area contributed by atoms with Gasteiger partial charge in [0.2, 0.25) is 0 Å². The van der Waals surface area contributed by atoms with Crippen molar-refractivity contribution in [3.63, 3.8) is 0 Å². The van der Waals surface area contributed by atoms with Crippen molar-refractivity contribution < 1.29 is 29.6 Å². The van der Waals surface area contributed by atoms with Crippen LogP contribution < -0.4 is 9.47 Å². The number of ether oxygens (including phenoxy) is 2. The van der Waals surface area contributed by atoms with E-state index in [9.17, 15) is 20.1 Å². The Hall–Kier alpha value is -3.67. The van der Waals surface area contributed by atoms with E-state index in [-0.39, 0.29) is 23.0 Å². The molecule has 0 aliphatic heterocycles. The van der Waals surface area contributed by atoms with Crippen molar-refractivity contribution in [3.8, 4) is 23.0 Å². The second-order valence-corrected chi connectivity index (χ2v) is 6.56. The predicted octanol–water partition coefficient (Wildman–Crippen LogP) is 4.39. The van der Waals surface area contributed by atoms with Crippen LogP contribution in [0.15, 0.2) is 59.4 Å². The molecule has 0 radical (unpaired) electrons. The number of aromatic hydroxyl groups is 2. The number of aliphatic hydroxyl groups is 1. The van der Waals surface area contributed by atoms with Gasteiger partial charge in [-0.25, -0.2) is 0 Å². The van der Waals surface area contributed by atoms with Crippen LogP contribution in [0, 0.1) is 0 Å². The van der Waals surface area contributed by atoms with Crippen LogP contribution in [0.3, 0.4) is 0 Å². The molecule has 6 heteroatoms. The van der Waals surface area contributed by atoms with E-state index in [0.717, 1.165) is 5.56 Å². The van der Waals surface area contributed by atoms with Gasteiger partial charge in [-0.15, -0.1) is 0 Å². The number of hydrogen-bond donors (Lipinski definition) is 3. The molecule has 0 heterocycles. The minimum Gasteiger partial charge on any atom is -0.507 e. The number of rotatable bonds is 6. The van der Waals surface area contributed by atoms with Gasteiger partial charge in [0.05, 0.1) is 14.2 Å². The Kier molecular flexibility index (Phi) is 5.93. The maximum Gasteiger partial charge on any atom is 0.185 e. The van der Waals surface area contributed by atoms with Gasteiger partial charge in [-0.1, -0.05) is 18.2 Å². The van der Waals surface area contributed by atoms with Gasteiger partial charge in [-0.2, -0.15) is 0 Å². The normalized spacial score (nSPS) is 15.3. The third-order valence-electron chi connectivity index (χ3n) is 4.71. The number of methoxy groups -OCH3 is 2. The van der Waals surface area contributed by atoms with Gasteiger partial charge in [-0.05, 0) is 66.0 Å². The van der Waals surface area contributed by atoms with E-state index in [0.29, 0.717) is 41.1 Å². The van der Waals surface area contributed by atoms with E-state index in [4.69, 9.17) is 9.47 Å². The first-order valence-corrected chi connectivity index (χ1v) is 9.02. The number of carbonyl (C=O) groups excluding carboxylic acids is 1. The minimum absolute atomic E-state index is 0.0185. The van der Waals surface area contributed by atoms with Crippen LogP contribution in [-0.4, -0.2) is 35.3 Å². The number of phenolic OH excluding ortho intramolecular Hbond substituents is 2. The number of carbonyl (C=O) groups is 1. The molecule has 0 spiro atoms. The van der Waals surface area contributed by atoms with Crippen LogP contribution in [-0.2, 0) is 4.79 Å². The first-order chi connectivity index (χ1) is 13.9. The maximum atomic E-state index is 12.5. The quantitative estimate of drug-likeness (QED) is 0.629. The Labute approximate surface area is 168 Å². The molecular weight excluding hydrogens is 372 g/mol. The van der Waals surface area contributed by atoms with E-state index < -0.39 is 0 Å². The molecule has 1 aliphatic carbocycles. The summed E-state index contributed by atoms with van der Waals surface area (Å²) in [6.07, 6.45) is 5.75. The van der Waals surface area contributed by atoms with Crippen LogP contribution in [0.5, 0.6) is 23.0 Å². The van der Waals surface area contributed by atoms with Crippen LogP contribution in [0.4, 0.5) is 0 Å². The third kappa shape index (κ3) is 4.43. The lowest BCUT2D eigenvalue weighted by Gasteiger charge is -2.05. The Morgan fingerprint density at radius 1 is 0.897 bits per heavy atom. The molecule has 0 saturated carbocycles. The van der Waals surface area contributed by atoms with Gasteiger partial charge in [-0.3, -0.25) is 4.79 Å². The van der Waals surface area contributed by atoms with Crippen molar-refractivity contribution in [2.24, 2.45) is 0 Å². The fourth-order valence-corrected chi connectivity index (χ4v) is 3.13. The second kappa shape index (κ2) is 8.56. The van der Waals surface area contributed by atoms with E-state index in [1.54, 1.807) is 36.4 Å². The molecule has 150 valence electrons. The third-order valence-corrected chi connectivity index (χ3v) is 4.71. The molecule has 2 aromatic carbocycles. The predicted molar refractivity (Wildman–Crippen MR) is 110 cm³/mol. The number of hydrogen-bond acceptors (Lipinski definition) is 6. The number of ketones is 1. The van der Waals surface area contributed by atoms with Gasteiger partial charge < -0.3 is 24.8 Å². The first-order valence-electron chi connectivity index (χ1n) is 9.02. The summed E-state index contributed by atoms with van der Waals surface area (Å²) in [7, 11) is 2.92. The summed E-state index contributed by atoms with van der Waals surface area (Å²) in [5.74, 6) is 0.415. The molecule has 0 atom stereocenters. The number of phenols is 2. The van der Waals surface area contributed by atoms with Crippen molar-refractivity contribution >= 4 is 17.9 Å². The summed E-state index contributed by atoms with van der Waals surface area (Å²) >= 11 is 0. The number of aliphatic hydroxyl groups excluding tert-OH is 1. The monoisotopic (exact) mass is 394 g/mol. The van der Waals surface area contributed by atoms with Gasteiger partial charge in [0, 0.05) is 5.57 Å². The lowest BCUT2D eigenvalue weighted by Crippen LogP contribution is -1.98. The largest absolute Gasteiger partial charge is 0.507 e. The smallest absolute Gasteiger partial charge is 0.185 e. The van der Waals surface area contributed by atoms with E-state index in [2.05, 4.69) is 0 Å². The number of benzene rings is 2. The Bertz CT molecular complexity index is 1030. The average molecular weight is 394 g/mol. The SMILES string of the molecule is COc1cc(/C=C/C(=O)C2=C(O)/C(=C/c3ccc(O)c(OC)c3)CC2)ccc1O. The van der Waals surface area contributed by atoms with Gasteiger partial charge in [0.25, 0.3) is 0 Å². The van der Waals surface area contributed by atoms with Crippen molar-refractivity contribution in [2.75, 3.05) is 14.2 Å². The molecular formula is C23H22O6. The highest BCUT2D eigenvalue weighted by atomic mass is 16.5. The van der Waals surface area contributed by atoms with E-state index >= 15 is 0 Å². The summed E-state index contributed by atoms with van der Waals surface area (Å²) in [5, 5.41) is 29.8. The molecule has 3 N–H and O–H groups in total. The molecule has 3 rings (SSSR count). The zero-order valence-electron chi connectivity index (χ0n) is 16.2. The molecule has 0 amide bonds. The van der Waals surface area contributed by atoms with Gasteiger partial charge >= 0.3 is 0 Å². The molecule has 0 unspecified atom stereocenters. The first kappa shape index (κ1) is 20.1. The summed E-state index contributed by atoms with van der Waals surface area (Å²) in [6, 6.07) is 9.65. The average Bonchev–Trinajstić information content (AvgIpc) is 3.08. The van der Waals surface area contributed by atoms with Crippen molar-refractivity contribution in [2.45, 2.75) is 12.8 Å². The summed E-state index contributed by atoms with van der Waals surface area (Å²) in [4.78, 5) is 12.5. The van der Waals surface area contributed by atoms with Crippen LogP contribution in [0.25, 0.3) is 12.2 Å². The molecule has 0 fully saturated rings. The van der Waals surface area contributed by atoms with E-state index in [1.165, 1.54) is 32.4 Å². The van der Waals surface area contributed by atoms with Crippen molar-refractivity contribution in [1.82, 2.24) is 0 Å². The molecule has 2 aromatic rings. The van der Waals surface area contributed by atoms with Gasteiger partial charge in [0.1, 0.15) is 5.76 Å². The zero-order chi connectivity index (χ0) is 21.0. The highest BCUT2D eigenvalue weighted by Crippen LogP contribution is 2.34. The number of allylic oxidation sites excluding steroid dienone is 3. The van der Waals surface area contributed by atoms with Crippen LogP contribution >= 0.6 is 0 Å². The molecule has 6 nitrogen and oxygen atoms in total. The van der Waals surface area contributed by atoms with E-state index in [1.807, 2.05) is 0 Å².